The van der Waals surface area contributed by atoms with Gasteiger partial charge in [-0.3, -0.25) is 0 Å². The molecule has 0 spiro atoms. The maximum absolute atomic E-state index is 6.16. The summed E-state index contributed by atoms with van der Waals surface area (Å²) in [5, 5.41) is 0.811. The molecule has 17 heavy (non-hydrogen) atoms. The number of halogens is 1. The van der Waals surface area contributed by atoms with Crippen molar-refractivity contribution in [2.75, 3.05) is 24.5 Å². The van der Waals surface area contributed by atoms with Crippen LogP contribution in [-0.2, 0) is 4.74 Å². The van der Waals surface area contributed by atoms with Crippen molar-refractivity contribution < 1.29 is 4.74 Å². The van der Waals surface area contributed by atoms with Crippen LogP contribution in [0.4, 0.5) is 5.69 Å². The topological polar surface area (TPSA) is 38.5 Å². The molecule has 0 radical (unpaired) electrons. The van der Waals surface area contributed by atoms with E-state index in [0.717, 1.165) is 29.4 Å². The van der Waals surface area contributed by atoms with Crippen LogP contribution in [0.1, 0.15) is 12.5 Å². The largest absolute Gasteiger partial charge is 0.370 e. The number of anilines is 1. The molecule has 0 saturated carbocycles. The summed E-state index contributed by atoms with van der Waals surface area (Å²) in [6.07, 6.45) is 0.316. The molecule has 1 aliphatic heterocycles. The lowest BCUT2D eigenvalue weighted by molar-refractivity contribution is -0.0104. The Hall–Kier alpha value is -0.770. The third kappa shape index (κ3) is 2.92. The minimum absolute atomic E-state index is 0.110. The number of hydrogen-bond acceptors (Lipinski definition) is 3. The Morgan fingerprint density at radius 1 is 1.47 bits per heavy atom. The molecule has 2 rings (SSSR count). The maximum Gasteiger partial charge on any atom is 0.0876 e. The fraction of sp³-hybridized carbons (Fsp3) is 0.538. The lowest BCUT2D eigenvalue weighted by Gasteiger charge is -2.38. The number of nitrogens with two attached hydrogens (primary N) is 1. The van der Waals surface area contributed by atoms with Crippen LogP contribution in [-0.4, -0.2) is 31.8 Å². The molecular weight excluding hydrogens is 236 g/mol. The highest BCUT2D eigenvalue weighted by Gasteiger charge is 2.24. The first-order chi connectivity index (χ1) is 8.10. The van der Waals surface area contributed by atoms with Gasteiger partial charge in [0.2, 0.25) is 0 Å². The van der Waals surface area contributed by atoms with Crippen LogP contribution in [0, 0.1) is 6.92 Å². The molecule has 1 aromatic rings. The van der Waals surface area contributed by atoms with Crippen molar-refractivity contribution in [1.29, 1.82) is 0 Å². The molecule has 2 unspecified atom stereocenters. The first-order valence-electron chi connectivity index (χ1n) is 5.96. The number of nitrogens with zero attached hydrogens (tertiary/aromatic N) is 1. The Morgan fingerprint density at radius 3 is 2.88 bits per heavy atom. The average molecular weight is 255 g/mol. The highest BCUT2D eigenvalue weighted by Crippen LogP contribution is 2.25. The molecule has 4 heteroatoms. The van der Waals surface area contributed by atoms with E-state index in [4.69, 9.17) is 22.1 Å². The molecule has 1 saturated heterocycles. The molecule has 2 N–H and O–H groups in total. The second-order valence-electron chi connectivity index (χ2n) is 4.64. The van der Waals surface area contributed by atoms with Gasteiger partial charge >= 0.3 is 0 Å². The Morgan fingerprint density at radius 2 is 2.24 bits per heavy atom. The van der Waals surface area contributed by atoms with E-state index in [1.807, 2.05) is 13.0 Å². The molecule has 1 aliphatic rings. The van der Waals surface area contributed by atoms with Gasteiger partial charge in [0.25, 0.3) is 0 Å². The molecule has 2 atom stereocenters. The molecule has 94 valence electrons. The van der Waals surface area contributed by atoms with Gasteiger partial charge in [0, 0.05) is 30.3 Å². The van der Waals surface area contributed by atoms with Crippen molar-refractivity contribution in [1.82, 2.24) is 0 Å². The van der Waals surface area contributed by atoms with Crippen molar-refractivity contribution in [3.8, 4) is 0 Å². The van der Waals surface area contributed by atoms with Crippen LogP contribution >= 0.6 is 11.6 Å². The third-order valence-electron chi connectivity index (χ3n) is 3.11. The van der Waals surface area contributed by atoms with Gasteiger partial charge in [-0.1, -0.05) is 17.7 Å². The van der Waals surface area contributed by atoms with Crippen LogP contribution in [0.2, 0.25) is 5.02 Å². The van der Waals surface area contributed by atoms with Crippen molar-refractivity contribution in [2.24, 2.45) is 5.73 Å². The highest BCUT2D eigenvalue weighted by molar-refractivity contribution is 6.31. The van der Waals surface area contributed by atoms with Crippen LogP contribution in [0.25, 0.3) is 0 Å². The van der Waals surface area contributed by atoms with E-state index in [2.05, 4.69) is 24.0 Å². The lowest BCUT2D eigenvalue weighted by Crippen LogP contribution is -2.49. The van der Waals surface area contributed by atoms with Crippen LogP contribution in [0.15, 0.2) is 18.2 Å². The van der Waals surface area contributed by atoms with Gasteiger partial charge in [-0.2, -0.15) is 0 Å². The van der Waals surface area contributed by atoms with E-state index in [9.17, 15) is 0 Å². The monoisotopic (exact) mass is 254 g/mol. The molecule has 0 aliphatic carbocycles. The summed E-state index contributed by atoms with van der Waals surface area (Å²) < 4.78 is 5.74. The Labute approximate surface area is 107 Å². The molecule has 0 bridgehead atoms. The normalized spacial score (nSPS) is 25.1. The van der Waals surface area contributed by atoms with E-state index >= 15 is 0 Å². The lowest BCUT2D eigenvalue weighted by atomic mass is 10.1. The second-order valence-corrected chi connectivity index (χ2v) is 5.05. The summed E-state index contributed by atoms with van der Waals surface area (Å²) in [5.41, 5.74) is 7.93. The minimum atomic E-state index is 0.110. The van der Waals surface area contributed by atoms with Crippen molar-refractivity contribution >= 4 is 17.3 Å². The molecule has 0 amide bonds. The van der Waals surface area contributed by atoms with E-state index in [-0.39, 0.29) is 12.2 Å². The van der Waals surface area contributed by atoms with Gasteiger partial charge in [0.05, 0.1) is 12.2 Å². The molecule has 1 aromatic carbocycles. The van der Waals surface area contributed by atoms with Gasteiger partial charge in [0.15, 0.2) is 0 Å². The predicted octanol–water partition coefficient (Wildman–Crippen LogP) is 2.20. The fourth-order valence-corrected chi connectivity index (χ4v) is 2.34. The van der Waals surface area contributed by atoms with Crippen molar-refractivity contribution in [3.05, 3.63) is 28.8 Å². The maximum atomic E-state index is 6.16. The van der Waals surface area contributed by atoms with E-state index < -0.39 is 0 Å². The Kier molecular flexibility index (Phi) is 3.92. The summed E-state index contributed by atoms with van der Waals surface area (Å²) in [6.45, 7) is 6.36. The summed E-state index contributed by atoms with van der Waals surface area (Å²) in [4.78, 5) is 2.29. The van der Waals surface area contributed by atoms with Crippen molar-refractivity contribution in [3.63, 3.8) is 0 Å². The smallest absolute Gasteiger partial charge is 0.0876 e. The zero-order valence-electron chi connectivity index (χ0n) is 10.3. The number of benzene rings is 1. The Balaban J connectivity index is 2.17. The number of aryl methyl sites for hydroxylation is 1. The zero-order chi connectivity index (χ0) is 12.4. The van der Waals surface area contributed by atoms with E-state index in [1.54, 1.807) is 0 Å². The number of ether oxygens (including phenoxy) is 1. The van der Waals surface area contributed by atoms with Crippen molar-refractivity contribution in [2.45, 2.75) is 26.1 Å². The van der Waals surface area contributed by atoms with Gasteiger partial charge in [-0.05, 0) is 31.5 Å². The van der Waals surface area contributed by atoms with Gasteiger partial charge in [-0.25, -0.2) is 0 Å². The molecule has 1 heterocycles. The summed E-state index contributed by atoms with van der Waals surface area (Å²) in [5.74, 6) is 0. The fourth-order valence-electron chi connectivity index (χ4n) is 2.16. The van der Waals surface area contributed by atoms with Crippen LogP contribution < -0.4 is 10.6 Å². The third-order valence-corrected chi connectivity index (χ3v) is 3.52. The predicted molar refractivity (Wildman–Crippen MR) is 71.8 cm³/mol. The van der Waals surface area contributed by atoms with Gasteiger partial charge in [-0.15, -0.1) is 0 Å². The summed E-state index contributed by atoms with van der Waals surface area (Å²) in [6, 6.07) is 6.17. The molecule has 1 fully saturated rings. The average Bonchev–Trinajstić information content (AvgIpc) is 2.32. The van der Waals surface area contributed by atoms with Crippen LogP contribution in [0.3, 0.4) is 0 Å². The van der Waals surface area contributed by atoms with E-state index in [1.165, 1.54) is 0 Å². The second kappa shape index (κ2) is 5.25. The molecule has 0 aromatic heterocycles. The quantitative estimate of drug-likeness (QED) is 0.880. The first-order valence-corrected chi connectivity index (χ1v) is 6.34. The SMILES string of the molecule is Cc1ccc(N2CC(C)OC(CN)C2)cc1Cl. The zero-order valence-corrected chi connectivity index (χ0v) is 11.1. The number of hydrogen-bond donors (Lipinski definition) is 1. The summed E-state index contributed by atoms with van der Waals surface area (Å²) in [7, 11) is 0. The number of rotatable bonds is 2. The molecule has 3 nitrogen and oxygen atoms in total. The molecular formula is C13H19ClN2O. The standard InChI is InChI=1S/C13H19ClN2O/c1-9-3-4-11(5-13(9)14)16-7-10(2)17-12(6-15)8-16/h3-5,10,12H,6-8,15H2,1-2H3. The van der Waals surface area contributed by atoms with Crippen LogP contribution in [0.5, 0.6) is 0 Å². The minimum Gasteiger partial charge on any atom is -0.370 e. The Bertz CT molecular complexity index is 397. The van der Waals surface area contributed by atoms with Gasteiger partial charge < -0.3 is 15.4 Å². The van der Waals surface area contributed by atoms with Gasteiger partial charge in [0.1, 0.15) is 0 Å². The van der Waals surface area contributed by atoms with E-state index in [0.29, 0.717) is 6.54 Å². The number of morpholine rings is 1. The summed E-state index contributed by atoms with van der Waals surface area (Å²) >= 11 is 6.16. The first kappa shape index (κ1) is 12.7. The highest BCUT2D eigenvalue weighted by atomic mass is 35.5.